The van der Waals surface area contributed by atoms with Gasteiger partial charge in [0.05, 0.1) is 31.7 Å². The van der Waals surface area contributed by atoms with Gasteiger partial charge in [-0.3, -0.25) is 14.4 Å². The van der Waals surface area contributed by atoms with E-state index in [9.17, 15) is 29.7 Å². The van der Waals surface area contributed by atoms with Gasteiger partial charge in [-0.2, -0.15) is 0 Å². The van der Waals surface area contributed by atoms with E-state index in [1.54, 1.807) is 0 Å². The number of carbonyl (C=O) groups is 3. The maximum absolute atomic E-state index is 12.6. The van der Waals surface area contributed by atoms with E-state index in [0.717, 1.165) is 5.56 Å². The summed E-state index contributed by atoms with van der Waals surface area (Å²) in [5.74, 6) is -2.38. The van der Waals surface area contributed by atoms with Crippen molar-refractivity contribution in [2.24, 2.45) is 11.8 Å². The minimum Gasteiger partial charge on any atom is -0.481 e. The number of rotatable bonds is 19. The second kappa shape index (κ2) is 18.5. The number of carboxylic acids is 1. The standard InChI is InChI=1S/C30H44O10/c31-19-22(32)20-39-29(37)16-17-30(38)40-23(13-12-21-8-4-3-5-9-21)14-15-25-24(26(33)18-27(25)34)10-6-1-2-7-11-28(35)36/h1,3-6,8-9,22-27,31-34H,2,7,10-20H2,(H,35,36)/t22?,23-,24+,25+,26-,27+/m0/s1. The van der Waals surface area contributed by atoms with Crippen molar-refractivity contribution in [3.63, 3.8) is 0 Å². The van der Waals surface area contributed by atoms with Crippen molar-refractivity contribution < 1.29 is 49.4 Å². The van der Waals surface area contributed by atoms with Crippen molar-refractivity contribution in [3.05, 3.63) is 48.0 Å². The van der Waals surface area contributed by atoms with Crippen molar-refractivity contribution in [2.75, 3.05) is 13.2 Å². The maximum atomic E-state index is 12.6. The Morgan fingerprint density at radius 3 is 2.35 bits per heavy atom. The number of aliphatic carboxylic acids is 1. The van der Waals surface area contributed by atoms with Crippen LogP contribution in [0.1, 0.15) is 69.8 Å². The number of aliphatic hydroxyl groups is 4. The number of ether oxygens (including phenoxy) is 2. The van der Waals surface area contributed by atoms with Gasteiger partial charge in [0.2, 0.25) is 0 Å². The fraction of sp³-hybridized carbons (Fsp3) is 0.633. The van der Waals surface area contributed by atoms with Crippen LogP contribution < -0.4 is 0 Å². The van der Waals surface area contributed by atoms with Gasteiger partial charge in [-0.05, 0) is 68.8 Å². The summed E-state index contributed by atoms with van der Waals surface area (Å²) in [6.07, 6.45) is 4.92. The predicted octanol–water partition coefficient (Wildman–Crippen LogP) is 2.55. The van der Waals surface area contributed by atoms with Crippen LogP contribution in [0.5, 0.6) is 0 Å². The van der Waals surface area contributed by atoms with E-state index in [1.807, 2.05) is 42.5 Å². The van der Waals surface area contributed by atoms with E-state index in [2.05, 4.69) is 0 Å². The minimum atomic E-state index is -1.17. The Morgan fingerprint density at radius 1 is 0.950 bits per heavy atom. The fourth-order valence-electron chi connectivity index (χ4n) is 5.02. The van der Waals surface area contributed by atoms with Crippen molar-refractivity contribution in [2.45, 2.75) is 95.0 Å². The SMILES string of the molecule is O=C(O)CCCC=CC[C@@H]1[C@@H](CC[C@H](CCc2ccccc2)OC(=O)CCC(=O)OCC(O)CO)[C@H](O)C[C@@H]1O. The van der Waals surface area contributed by atoms with Crippen LogP contribution in [0.2, 0.25) is 0 Å². The van der Waals surface area contributed by atoms with Gasteiger partial charge < -0.3 is 35.0 Å². The van der Waals surface area contributed by atoms with Gasteiger partial charge in [-0.15, -0.1) is 0 Å². The molecule has 1 aromatic rings. The second-order valence-electron chi connectivity index (χ2n) is 10.4. The number of aryl methyl sites for hydroxylation is 1. The Kier molecular flexibility index (Phi) is 15.5. The quantitative estimate of drug-likeness (QED) is 0.0955. The van der Waals surface area contributed by atoms with Crippen LogP contribution in [-0.4, -0.2) is 81.1 Å². The normalized spacial score (nSPS) is 22.2. The highest BCUT2D eigenvalue weighted by Gasteiger charge is 2.40. The van der Waals surface area contributed by atoms with E-state index in [1.165, 1.54) is 0 Å². The fourth-order valence-corrected chi connectivity index (χ4v) is 5.02. The Labute approximate surface area is 235 Å². The highest BCUT2D eigenvalue weighted by Crippen LogP contribution is 2.39. The molecule has 5 N–H and O–H groups in total. The van der Waals surface area contributed by atoms with Gasteiger partial charge in [-0.1, -0.05) is 42.5 Å². The monoisotopic (exact) mass is 564 g/mol. The first kappa shape index (κ1) is 33.4. The smallest absolute Gasteiger partial charge is 0.306 e. The van der Waals surface area contributed by atoms with E-state index < -0.39 is 48.9 Å². The number of unbranched alkanes of at least 4 members (excludes halogenated alkanes) is 1. The number of carbonyl (C=O) groups excluding carboxylic acids is 2. The third kappa shape index (κ3) is 13.0. The number of carboxylic acid groups (broad SMARTS) is 1. The van der Waals surface area contributed by atoms with Crippen molar-refractivity contribution in [3.8, 4) is 0 Å². The largest absolute Gasteiger partial charge is 0.481 e. The van der Waals surface area contributed by atoms with Gasteiger partial charge in [0.1, 0.15) is 18.8 Å². The van der Waals surface area contributed by atoms with Crippen LogP contribution in [0.25, 0.3) is 0 Å². The topological polar surface area (TPSA) is 171 Å². The summed E-state index contributed by atoms with van der Waals surface area (Å²) in [6, 6.07) is 9.78. The average molecular weight is 565 g/mol. The average Bonchev–Trinajstić information content (AvgIpc) is 3.21. The number of aliphatic hydroxyl groups excluding tert-OH is 4. The zero-order valence-electron chi connectivity index (χ0n) is 23.0. The molecule has 0 heterocycles. The molecule has 1 saturated carbocycles. The molecule has 0 radical (unpaired) electrons. The molecule has 0 bridgehead atoms. The first-order valence-electron chi connectivity index (χ1n) is 14.1. The minimum absolute atomic E-state index is 0.106. The van der Waals surface area contributed by atoms with Crippen LogP contribution in [0.4, 0.5) is 0 Å². The summed E-state index contributed by atoms with van der Waals surface area (Å²) in [5.41, 5.74) is 1.09. The summed E-state index contributed by atoms with van der Waals surface area (Å²) in [7, 11) is 0. The molecule has 10 nitrogen and oxygen atoms in total. The highest BCUT2D eigenvalue weighted by molar-refractivity contribution is 5.77. The maximum Gasteiger partial charge on any atom is 0.306 e. The number of esters is 2. The van der Waals surface area contributed by atoms with Gasteiger partial charge in [0, 0.05) is 6.42 Å². The molecule has 0 amide bonds. The Bertz CT molecular complexity index is 918. The lowest BCUT2D eigenvalue weighted by Gasteiger charge is -2.25. The molecule has 1 aliphatic carbocycles. The van der Waals surface area contributed by atoms with E-state index in [-0.39, 0.29) is 44.1 Å². The molecule has 224 valence electrons. The third-order valence-electron chi connectivity index (χ3n) is 7.26. The summed E-state index contributed by atoms with van der Waals surface area (Å²) < 4.78 is 10.6. The summed E-state index contributed by atoms with van der Waals surface area (Å²) in [5, 5.41) is 48.0. The molecule has 1 unspecified atom stereocenters. The third-order valence-corrected chi connectivity index (χ3v) is 7.26. The van der Waals surface area contributed by atoms with Gasteiger partial charge in [0.25, 0.3) is 0 Å². The Morgan fingerprint density at radius 2 is 1.65 bits per heavy atom. The molecule has 0 saturated heterocycles. The lowest BCUT2D eigenvalue weighted by molar-refractivity contribution is -0.155. The van der Waals surface area contributed by atoms with Crippen molar-refractivity contribution >= 4 is 17.9 Å². The van der Waals surface area contributed by atoms with E-state index in [4.69, 9.17) is 19.7 Å². The molecule has 1 aromatic carbocycles. The Balaban J connectivity index is 1.92. The van der Waals surface area contributed by atoms with Gasteiger partial charge >= 0.3 is 17.9 Å². The van der Waals surface area contributed by atoms with Crippen molar-refractivity contribution in [1.29, 1.82) is 0 Å². The van der Waals surface area contributed by atoms with Gasteiger partial charge in [-0.25, -0.2) is 0 Å². The summed E-state index contributed by atoms with van der Waals surface area (Å²) in [4.78, 5) is 35.0. The van der Waals surface area contributed by atoms with Crippen LogP contribution in [0, 0.1) is 11.8 Å². The zero-order valence-corrected chi connectivity index (χ0v) is 23.0. The van der Waals surface area contributed by atoms with E-state index in [0.29, 0.717) is 44.9 Å². The molecular formula is C30H44O10. The molecule has 0 aliphatic heterocycles. The Hall–Kier alpha value is -2.79. The number of hydrogen-bond acceptors (Lipinski definition) is 9. The number of allylic oxidation sites excluding steroid dienone is 2. The molecule has 1 fully saturated rings. The first-order valence-corrected chi connectivity index (χ1v) is 14.1. The zero-order chi connectivity index (χ0) is 29.3. The summed E-state index contributed by atoms with van der Waals surface area (Å²) in [6.45, 7) is -0.882. The van der Waals surface area contributed by atoms with E-state index >= 15 is 0 Å². The second-order valence-corrected chi connectivity index (χ2v) is 10.4. The molecule has 1 aliphatic rings. The number of hydrogen-bond donors (Lipinski definition) is 5. The lowest BCUT2D eigenvalue weighted by Crippen LogP contribution is -2.26. The predicted molar refractivity (Wildman–Crippen MR) is 146 cm³/mol. The molecule has 40 heavy (non-hydrogen) atoms. The molecule has 2 rings (SSSR count). The number of benzene rings is 1. The summed E-state index contributed by atoms with van der Waals surface area (Å²) >= 11 is 0. The highest BCUT2D eigenvalue weighted by atomic mass is 16.6. The molecule has 0 aromatic heterocycles. The molecule has 0 spiro atoms. The van der Waals surface area contributed by atoms with Crippen LogP contribution in [-0.2, 0) is 30.3 Å². The van der Waals surface area contributed by atoms with Crippen LogP contribution in [0.15, 0.2) is 42.5 Å². The molecule has 6 atom stereocenters. The van der Waals surface area contributed by atoms with Crippen molar-refractivity contribution in [1.82, 2.24) is 0 Å². The van der Waals surface area contributed by atoms with Crippen LogP contribution >= 0.6 is 0 Å². The molecule has 10 heteroatoms. The van der Waals surface area contributed by atoms with Gasteiger partial charge in [0.15, 0.2) is 0 Å². The molecular weight excluding hydrogens is 520 g/mol. The van der Waals surface area contributed by atoms with Crippen LogP contribution in [0.3, 0.4) is 0 Å². The first-order chi connectivity index (χ1) is 19.2. The lowest BCUT2D eigenvalue weighted by atomic mass is 9.85.